The van der Waals surface area contributed by atoms with Crippen molar-refractivity contribution in [3.05, 3.63) is 66.4 Å². The summed E-state index contributed by atoms with van der Waals surface area (Å²) in [5, 5.41) is 5.32. The molecule has 2 aromatic heterocycles. The lowest BCUT2D eigenvalue weighted by atomic mass is 10.2. The number of aromatic nitrogens is 4. The molecule has 0 saturated heterocycles. The normalized spacial score (nSPS) is 11.3. The van der Waals surface area contributed by atoms with Gasteiger partial charge in [0.1, 0.15) is 6.33 Å². The summed E-state index contributed by atoms with van der Waals surface area (Å²) >= 11 is 0. The van der Waals surface area contributed by atoms with Crippen LogP contribution in [0.25, 0.3) is 16.6 Å². The molecule has 0 atom stereocenters. The molecule has 0 unspecified atom stereocenters. The monoisotopic (exact) mass is 295 g/mol. The van der Waals surface area contributed by atoms with E-state index >= 15 is 0 Å². The molecule has 0 spiro atoms. The second-order valence-electron chi connectivity index (χ2n) is 4.99. The highest BCUT2D eigenvalue weighted by atomic mass is 16.2. The third kappa shape index (κ3) is 2.44. The number of para-hydroxylation sites is 1. The van der Waals surface area contributed by atoms with Crippen LogP contribution in [0.5, 0.6) is 0 Å². The molecule has 0 amide bonds. The van der Waals surface area contributed by atoms with E-state index in [0.29, 0.717) is 25.4 Å². The minimum absolute atomic E-state index is 0.202. The minimum atomic E-state index is -0.202. The van der Waals surface area contributed by atoms with Gasteiger partial charge in [-0.1, -0.05) is 24.3 Å². The first-order valence-electron chi connectivity index (χ1n) is 7.01. The van der Waals surface area contributed by atoms with Gasteiger partial charge in [-0.05, 0) is 12.1 Å². The second-order valence-corrected chi connectivity index (χ2v) is 4.99. The fraction of sp³-hybridized carbons (Fsp3) is 0.188. The van der Waals surface area contributed by atoms with E-state index in [1.54, 1.807) is 12.2 Å². The molecule has 2 heterocycles. The van der Waals surface area contributed by atoms with Crippen LogP contribution in [0.4, 0.5) is 0 Å². The van der Waals surface area contributed by atoms with Gasteiger partial charge in [0.25, 0.3) is 0 Å². The molecule has 112 valence electrons. The highest BCUT2D eigenvalue weighted by Gasteiger charge is 2.12. The van der Waals surface area contributed by atoms with E-state index in [1.165, 1.54) is 15.4 Å². The SMILES string of the molecule is C=CCN(CC=C)Cn1nc2c3ccccc3ncn2c1=O. The molecule has 0 aliphatic carbocycles. The van der Waals surface area contributed by atoms with E-state index in [2.05, 4.69) is 23.2 Å². The van der Waals surface area contributed by atoms with Crippen LogP contribution >= 0.6 is 0 Å². The third-order valence-corrected chi connectivity index (χ3v) is 3.44. The van der Waals surface area contributed by atoms with Crippen molar-refractivity contribution >= 4 is 16.6 Å². The van der Waals surface area contributed by atoms with Crippen LogP contribution < -0.4 is 5.69 Å². The quantitative estimate of drug-likeness (QED) is 0.649. The molecule has 0 fully saturated rings. The first-order valence-corrected chi connectivity index (χ1v) is 7.01. The molecule has 3 rings (SSSR count). The lowest BCUT2D eigenvalue weighted by Gasteiger charge is -2.17. The predicted octanol–water partition coefficient (Wildman–Crippen LogP) is 1.68. The first kappa shape index (κ1) is 14.2. The molecule has 6 heteroatoms. The number of hydrogen-bond donors (Lipinski definition) is 0. The van der Waals surface area contributed by atoms with Gasteiger partial charge in [-0.2, -0.15) is 4.68 Å². The lowest BCUT2D eigenvalue weighted by molar-refractivity contribution is 0.248. The maximum Gasteiger partial charge on any atom is 0.352 e. The fourth-order valence-electron chi connectivity index (χ4n) is 2.44. The Morgan fingerprint density at radius 1 is 1.18 bits per heavy atom. The zero-order valence-corrected chi connectivity index (χ0v) is 12.2. The summed E-state index contributed by atoms with van der Waals surface area (Å²) in [5.41, 5.74) is 1.24. The Balaban J connectivity index is 2.09. The van der Waals surface area contributed by atoms with Crippen molar-refractivity contribution in [3.63, 3.8) is 0 Å². The van der Waals surface area contributed by atoms with E-state index in [1.807, 2.05) is 29.2 Å². The molecule has 0 bridgehead atoms. The summed E-state index contributed by atoms with van der Waals surface area (Å²) in [6.07, 6.45) is 5.11. The molecular formula is C16H17N5O. The summed E-state index contributed by atoms with van der Waals surface area (Å²) in [6, 6.07) is 7.65. The van der Waals surface area contributed by atoms with Crippen LogP contribution in [0.1, 0.15) is 0 Å². The maximum atomic E-state index is 12.5. The van der Waals surface area contributed by atoms with Gasteiger partial charge in [0.2, 0.25) is 0 Å². The standard InChI is InChI=1S/C16H17N5O/c1-3-9-19(10-4-2)12-21-16(22)20-11-17-14-8-6-5-7-13(14)15(20)18-21/h3-8,11H,1-2,9-10,12H2. The van der Waals surface area contributed by atoms with Crippen LogP contribution in [0.2, 0.25) is 0 Å². The topological polar surface area (TPSA) is 55.4 Å². The number of fused-ring (bicyclic) bond motifs is 3. The van der Waals surface area contributed by atoms with Crippen molar-refractivity contribution in [2.75, 3.05) is 13.1 Å². The van der Waals surface area contributed by atoms with Gasteiger partial charge in [0, 0.05) is 18.5 Å². The Morgan fingerprint density at radius 2 is 1.91 bits per heavy atom. The Hall–Kier alpha value is -2.73. The molecule has 0 N–H and O–H groups in total. The summed E-state index contributed by atoms with van der Waals surface area (Å²) in [6.45, 7) is 9.16. The summed E-state index contributed by atoms with van der Waals surface area (Å²) in [4.78, 5) is 18.8. The van der Waals surface area contributed by atoms with Crippen molar-refractivity contribution in [1.29, 1.82) is 0 Å². The van der Waals surface area contributed by atoms with Crippen molar-refractivity contribution in [2.45, 2.75) is 6.67 Å². The zero-order valence-electron chi connectivity index (χ0n) is 12.2. The average molecular weight is 295 g/mol. The highest BCUT2D eigenvalue weighted by Crippen LogP contribution is 2.14. The molecular weight excluding hydrogens is 278 g/mol. The summed E-state index contributed by atoms with van der Waals surface area (Å²) < 4.78 is 2.92. The van der Waals surface area contributed by atoms with E-state index in [4.69, 9.17) is 0 Å². The van der Waals surface area contributed by atoms with Gasteiger partial charge < -0.3 is 0 Å². The smallest absolute Gasteiger partial charge is 0.277 e. The Labute approximate surface area is 127 Å². The molecule has 6 nitrogen and oxygen atoms in total. The van der Waals surface area contributed by atoms with E-state index in [0.717, 1.165) is 10.9 Å². The van der Waals surface area contributed by atoms with Gasteiger partial charge in [-0.3, -0.25) is 4.90 Å². The third-order valence-electron chi connectivity index (χ3n) is 3.44. The Kier molecular flexibility index (Phi) is 3.84. The van der Waals surface area contributed by atoms with Gasteiger partial charge in [0.15, 0.2) is 5.65 Å². The van der Waals surface area contributed by atoms with E-state index < -0.39 is 0 Å². The van der Waals surface area contributed by atoms with Crippen LogP contribution in [0, 0.1) is 0 Å². The number of benzene rings is 1. The van der Waals surface area contributed by atoms with Crippen molar-refractivity contribution in [1.82, 2.24) is 24.1 Å². The molecule has 0 saturated carbocycles. The lowest BCUT2D eigenvalue weighted by Crippen LogP contribution is -2.33. The minimum Gasteiger partial charge on any atom is -0.277 e. The van der Waals surface area contributed by atoms with Crippen LogP contribution in [-0.2, 0) is 6.67 Å². The maximum absolute atomic E-state index is 12.5. The number of hydrogen-bond acceptors (Lipinski definition) is 4. The zero-order chi connectivity index (χ0) is 15.5. The first-order chi connectivity index (χ1) is 10.7. The Bertz CT molecular complexity index is 882. The van der Waals surface area contributed by atoms with Crippen molar-refractivity contribution < 1.29 is 0 Å². The largest absolute Gasteiger partial charge is 0.352 e. The van der Waals surface area contributed by atoms with Gasteiger partial charge in [-0.25, -0.2) is 14.2 Å². The number of nitrogens with zero attached hydrogens (tertiary/aromatic N) is 5. The summed E-state index contributed by atoms with van der Waals surface area (Å²) in [7, 11) is 0. The van der Waals surface area contributed by atoms with Gasteiger partial charge >= 0.3 is 5.69 Å². The molecule has 0 radical (unpaired) electrons. The van der Waals surface area contributed by atoms with Crippen LogP contribution in [-0.4, -0.2) is 37.2 Å². The Morgan fingerprint density at radius 3 is 2.64 bits per heavy atom. The molecule has 3 aromatic rings. The van der Waals surface area contributed by atoms with Crippen LogP contribution in [0.3, 0.4) is 0 Å². The molecule has 1 aromatic carbocycles. The van der Waals surface area contributed by atoms with E-state index in [-0.39, 0.29) is 5.69 Å². The highest BCUT2D eigenvalue weighted by molar-refractivity contribution is 5.90. The van der Waals surface area contributed by atoms with Gasteiger partial charge in [0.05, 0.1) is 12.2 Å². The van der Waals surface area contributed by atoms with Crippen LogP contribution in [0.15, 0.2) is 60.7 Å². The molecule has 22 heavy (non-hydrogen) atoms. The van der Waals surface area contributed by atoms with Crippen molar-refractivity contribution in [3.8, 4) is 0 Å². The summed E-state index contributed by atoms with van der Waals surface area (Å²) in [5.74, 6) is 0. The predicted molar refractivity (Wildman–Crippen MR) is 86.7 cm³/mol. The van der Waals surface area contributed by atoms with Gasteiger partial charge in [-0.15, -0.1) is 18.3 Å². The number of rotatable bonds is 6. The molecule has 0 aliphatic heterocycles. The van der Waals surface area contributed by atoms with E-state index in [9.17, 15) is 4.79 Å². The second kappa shape index (κ2) is 5.95. The fourth-order valence-corrected chi connectivity index (χ4v) is 2.44. The average Bonchev–Trinajstić information content (AvgIpc) is 2.85. The van der Waals surface area contributed by atoms with Crippen molar-refractivity contribution in [2.24, 2.45) is 0 Å². The molecule has 0 aliphatic rings.